The first-order valence-electron chi connectivity index (χ1n) is 7.33. The van der Waals surface area contributed by atoms with E-state index in [1.807, 2.05) is 31.2 Å². The van der Waals surface area contributed by atoms with Gasteiger partial charge in [-0.3, -0.25) is 14.8 Å². The third kappa shape index (κ3) is 3.55. The highest BCUT2D eigenvalue weighted by atomic mass is 16.5. The van der Waals surface area contributed by atoms with Gasteiger partial charge in [0.1, 0.15) is 17.3 Å². The molecular formula is C18H15N4O2. The average Bonchev–Trinajstić information content (AvgIpc) is 2.58. The number of carbonyl (C=O) groups excluding carboxylic acids is 1. The topological polar surface area (TPSA) is 77.0 Å². The molecule has 6 heteroatoms. The van der Waals surface area contributed by atoms with Crippen molar-refractivity contribution in [3.63, 3.8) is 0 Å². The quantitative estimate of drug-likeness (QED) is 0.729. The van der Waals surface area contributed by atoms with Crippen LogP contribution in [0.5, 0.6) is 11.5 Å². The average molecular weight is 319 g/mol. The lowest BCUT2D eigenvalue weighted by molar-refractivity contribution is 0.475. The molecule has 0 unspecified atom stereocenters. The van der Waals surface area contributed by atoms with Crippen LogP contribution in [-0.4, -0.2) is 21.4 Å². The Bertz CT molecular complexity index is 866. The largest absolute Gasteiger partial charge is 0.455 e. The SMILES string of the molecule is Cc1cc(Oc2ccc(N[C]=O)nc2C)cc(-c2cccnc2)n1. The Hall–Kier alpha value is -3.28. The maximum atomic E-state index is 10.4. The predicted molar refractivity (Wildman–Crippen MR) is 90.6 cm³/mol. The summed E-state index contributed by atoms with van der Waals surface area (Å²) in [5.41, 5.74) is 3.21. The Balaban J connectivity index is 1.90. The molecule has 6 nitrogen and oxygen atoms in total. The third-order valence-electron chi connectivity index (χ3n) is 3.33. The highest BCUT2D eigenvalue weighted by Gasteiger charge is 2.08. The number of hydrogen-bond acceptors (Lipinski definition) is 5. The second kappa shape index (κ2) is 6.87. The third-order valence-corrected chi connectivity index (χ3v) is 3.33. The van der Waals surface area contributed by atoms with Gasteiger partial charge in [-0.05, 0) is 38.1 Å². The maximum absolute atomic E-state index is 10.4. The van der Waals surface area contributed by atoms with Gasteiger partial charge in [-0.15, -0.1) is 0 Å². The van der Waals surface area contributed by atoms with E-state index in [4.69, 9.17) is 4.74 Å². The fourth-order valence-electron chi connectivity index (χ4n) is 2.26. The van der Waals surface area contributed by atoms with Crippen LogP contribution >= 0.6 is 0 Å². The highest BCUT2D eigenvalue weighted by Crippen LogP contribution is 2.28. The summed E-state index contributed by atoms with van der Waals surface area (Å²) >= 11 is 0. The van der Waals surface area contributed by atoms with Gasteiger partial charge in [0.15, 0.2) is 0 Å². The molecule has 24 heavy (non-hydrogen) atoms. The van der Waals surface area contributed by atoms with Gasteiger partial charge in [0.05, 0.1) is 11.4 Å². The molecule has 3 aromatic rings. The molecule has 0 atom stereocenters. The number of anilines is 1. The van der Waals surface area contributed by atoms with Crippen LogP contribution in [-0.2, 0) is 4.79 Å². The summed E-state index contributed by atoms with van der Waals surface area (Å²) in [5, 5.41) is 2.39. The molecule has 0 aliphatic heterocycles. The van der Waals surface area contributed by atoms with Crippen LogP contribution in [0.3, 0.4) is 0 Å². The van der Waals surface area contributed by atoms with E-state index in [9.17, 15) is 4.79 Å². The van der Waals surface area contributed by atoms with Crippen LogP contribution in [0.1, 0.15) is 11.4 Å². The van der Waals surface area contributed by atoms with Gasteiger partial charge in [0, 0.05) is 35.8 Å². The first-order chi connectivity index (χ1) is 11.7. The van der Waals surface area contributed by atoms with Crippen molar-refractivity contribution in [1.82, 2.24) is 15.0 Å². The molecule has 1 amide bonds. The van der Waals surface area contributed by atoms with E-state index >= 15 is 0 Å². The molecular weight excluding hydrogens is 304 g/mol. The molecule has 1 radical (unpaired) electrons. The molecule has 0 spiro atoms. The number of aromatic nitrogens is 3. The number of amides is 1. The first kappa shape index (κ1) is 15.6. The highest BCUT2D eigenvalue weighted by molar-refractivity contribution is 5.69. The van der Waals surface area contributed by atoms with Gasteiger partial charge in [-0.2, -0.15) is 0 Å². The minimum atomic E-state index is 0.428. The van der Waals surface area contributed by atoms with Gasteiger partial charge in [0.2, 0.25) is 0 Å². The number of rotatable bonds is 5. The fourth-order valence-corrected chi connectivity index (χ4v) is 2.26. The molecule has 0 saturated heterocycles. The zero-order chi connectivity index (χ0) is 16.9. The number of nitrogens with zero attached hydrogens (tertiary/aromatic N) is 3. The van der Waals surface area contributed by atoms with Crippen LogP contribution in [0.2, 0.25) is 0 Å². The Morgan fingerprint density at radius 1 is 1.12 bits per heavy atom. The van der Waals surface area contributed by atoms with Crippen molar-refractivity contribution < 1.29 is 9.53 Å². The fraction of sp³-hybridized carbons (Fsp3) is 0.111. The molecule has 1 N–H and O–H groups in total. The lowest BCUT2D eigenvalue weighted by Crippen LogP contribution is -1.99. The van der Waals surface area contributed by atoms with Gasteiger partial charge < -0.3 is 10.1 Å². The summed E-state index contributed by atoms with van der Waals surface area (Å²) in [6.45, 7) is 3.71. The van der Waals surface area contributed by atoms with Crippen LogP contribution in [0.25, 0.3) is 11.3 Å². The monoisotopic (exact) mass is 319 g/mol. The van der Waals surface area contributed by atoms with Crippen LogP contribution in [0, 0.1) is 13.8 Å². The molecule has 0 saturated carbocycles. The molecule has 0 aliphatic rings. The zero-order valence-corrected chi connectivity index (χ0v) is 13.3. The van der Waals surface area contributed by atoms with Crippen molar-refractivity contribution in [2.24, 2.45) is 0 Å². The van der Waals surface area contributed by atoms with E-state index in [1.54, 1.807) is 37.9 Å². The molecule has 3 heterocycles. The lowest BCUT2D eigenvalue weighted by Gasteiger charge is -2.11. The standard InChI is InChI=1S/C18H15N4O2/c1-12-8-15(9-16(21-12)14-4-3-7-19-10-14)24-17-5-6-18(20-11-23)22-13(17)2/h3-10H,1-2H3,(H,20,22,23). The van der Waals surface area contributed by atoms with Crippen molar-refractivity contribution >= 4 is 12.2 Å². The predicted octanol–water partition coefficient (Wildman–Crippen LogP) is 3.43. The lowest BCUT2D eigenvalue weighted by atomic mass is 10.2. The van der Waals surface area contributed by atoms with Gasteiger partial charge >= 0.3 is 6.41 Å². The van der Waals surface area contributed by atoms with Crippen LogP contribution < -0.4 is 10.1 Å². The van der Waals surface area contributed by atoms with Crippen molar-refractivity contribution in [2.45, 2.75) is 13.8 Å². The van der Waals surface area contributed by atoms with Crippen molar-refractivity contribution in [2.75, 3.05) is 5.32 Å². The first-order valence-corrected chi connectivity index (χ1v) is 7.33. The molecule has 0 aromatic carbocycles. The van der Waals surface area contributed by atoms with Crippen LogP contribution in [0.15, 0.2) is 48.8 Å². The summed E-state index contributed by atoms with van der Waals surface area (Å²) in [5.74, 6) is 1.69. The summed E-state index contributed by atoms with van der Waals surface area (Å²) in [6, 6.07) is 10.9. The second-order valence-corrected chi connectivity index (χ2v) is 5.18. The molecule has 119 valence electrons. The Morgan fingerprint density at radius 3 is 2.71 bits per heavy atom. The van der Waals surface area contributed by atoms with Crippen molar-refractivity contribution in [3.8, 4) is 22.8 Å². The summed E-state index contributed by atoms with van der Waals surface area (Å²) < 4.78 is 5.94. The number of hydrogen-bond donors (Lipinski definition) is 1. The number of ether oxygens (including phenoxy) is 1. The molecule has 3 rings (SSSR count). The Labute approximate surface area is 139 Å². The number of nitrogens with one attached hydrogen (secondary N) is 1. The van der Waals surface area contributed by atoms with E-state index in [0.29, 0.717) is 23.0 Å². The van der Waals surface area contributed by atoms with E-state index in [2.05, 4.69) is 20.3 Å². The van der Waals surface area contributed by atoms with E-state index in [1.165, 1.54) is 0 Å². The summed E-state index contributed by atoms with van der Waals surface area (Å²) in [6.07, 6.45) is 5.07. The summed E-state index contributed by atoms with van der Waals surface area (Å²) in [7, 11) is 0. The zero-order valence-electron chi connectivity index (χ0n) is 13.3. The van der Waals surface area contributed by atoms with Gasteiger partial charge in [-0.1, -0.05) is 0 Å². The van der Waals surface area contributed by atoms with Crippen molar-refractivity contribution in [3.05, 3.63) is 60.2 Å². The van der Waals surface area contributed by atoms with Gasteiger partial charge in [-0.25, -0.2) is 4.98 Å². The summed E-state index contributed by atoms with van der Waals surface area (Å²) in [4.78, 5) is 23.2. The molecule has 3 aromatic heterocycles. The van der Waals surface area contributed by atoms with Crippen LogP contribution in [0.4, 0.5) is 5.82 Å². The Kier molecular flexibility index (Phi) is 4.47. The van der Waals surface area contributed by atoms with Crippen molar-refractivity contribution in [1.29, 1.82) is 0 Å². The van der Waals surface area contributed by atoms with E-state index < -0.39 is 0 Å². The van der Waals surface area contributed by atoms with E-state index in [0.717, 1.165) is 17.0 Å². The molecule has 0 bridgehead atoms. The second-order valence-electron chi connectivity index (χ2n) is 5.18. The smallest absolute Gasteiger partial charge is 0.315 e. The molecule has 0 aliphatic carbocycles. The minimum Gasteiger partial charge on any atom is -0.455 e. The normalized spacial score (nSPS) is 10.2. The minimum absolute atomic E-state index is 0.428. The molecule has 0 fully saturated rings. The Morgan fingerprint density at radius 2 is 2.00 bits per heavy atom. The van der Waals surface area contributed by atoms with E-state index in [-0.39, 0.29) is 0 Å². The van der Waals surface area contributed by atoms with Gasteiger partial charge in [0.25, 0.3) is 0 Å². The number of pyridine rings is 3. The maximum Gasteiger partial charge on any atom is 0.315 e. The number of aryl methyl sites for hydroxylation is 2.